The zero-order valence-corrected chi connectivity index (χ0v) is 8.81. The lowest BCUT2D eigenvalue weighted by Crippen LogP contribution is -2.19. The van der Waals surface area contributed by atoms with E-state index >= 15 is 0 Å². The number of carbonyl (C=O) groups excluding carboxylic acids is 1. The van der Waals surface area contributed by atoms with E-state index in [0.717, 1.165) is 6.42 Å². The molecule has 1 amide bonds. The van der Waals surface area contributed by atoms with E-state index in [-0.39, 0.29) is 5.91 Å². The zero-order valence-electron chi connectivity index (χ0n) is 7.81. The van der Waals surface area contributed by atoms with Crippen LogP contribution < -0.4 is 5.73 Å². The van der Waals surface area contributed by atoms with Gasteiger partial charge in [-0.15, -0.1) is 0 Å². The number of rotatable bonds is 5. The summed E-state index contributed by atoms with van der Waals surface area (Å²) in [5.41, 5.74) is 5.01. The second kappa shape index (κ2) is 4.54. The fraction of sp³-hybridized carbons (Fsp3) is 0.875. The van der Waals surface area contributed by atoms with Crippen molar-refractivity contribution < 1.29 is 4.79 Å². The van der Waals surface area contributed by atoms with Crippen molar-refractivity contribution >= 4 is 14.0 Å². The lowest BCUT2D eigenvalue weighted by Gasteiger charge is -2.14. The van der Waals surface area contributed by atoms with Crippen molar-refractivity contribution in [3.05, 3.63) is 0 Å². The molecular weight excluding hydrogens is 154 g/mol. The van der Waals surface area contributed by atoms with Crippen molar-refractivity contribution in [1.82, 2.24) is 0 Å². The predicted molar refractivity (Wildman–Crippen MR) is 51.2 cm³/mol. The van der Waals surface area contributed by atoms with Gasteiger partial charge in [-0.25, -0.2) is 0 Å². The van der Waals surface area contributed by atoms with Crippen LogP contribution in [0.5, 0.6) is 0 Å². The van der Waals surface area contributed by atoms with Crippen LogP contribution in [-0.2, 0) is 4.79 Å². The van der Waals surface area contributed by atoms with Crippen molar-refractivity contribution in [3.63, 3.8) is 0 Å². The minimum Gasteiger partial charge on any atom is -0.370 e. The molecule has 66 valence electrons. The Morgan fingerprint density at radius 3 is 2.18 bits per heavy atom. The molecule has 0 saturated heterocycles. The molecule has 0 aromatic carbocycles. The van der Waals surface area contributed by atoms with Crippen LogP contribution in [0, 0.1) is 0 Å². The molecule has 0 saturated carbocycles. The van der Waals surface area contributed by atoms with Gasteiger partial charge in [0.25, 0.3) is 0 Å². The molecule has 0 aromatic heterocycles. The summed E-state index contributed by atoms with van der Waals surface area (Å²) in [7, 11) is -0.881. The molecule has 0 heterocycles. The number of unbranched alkanes of at least 4 members (excludes halogenated alkanes) is 1. The summed E-state index contributed by atoms with van der Waals surface area (Å²) in [6, 6.07) is 1.31. The van der Waals surface area contributed by atoms with E-state index in [1.165, 1.54) is 12.5 Å². The van der Waals surface area contributed by atoms with E-state index in [4.69, 9.17) is 5.73 Å². The molecule has 0 unspecified atom stereocenters. The van der Waals surface area contributed by atoms with Crippen LogP contribution in [0.4, 0.5) is 0 Å². The topological polar surface area (TPSA) is 43.1 Å². The molecule has 0 aliphatic carbocycles. The fourth-order valence-electron chi connectivity index (χ4n) is 0.955. The average Bonchev–Trinajstić information content (AvgIpc) is 1.78. The number of nitrogens with two attached hydrogens (primary N) is 1. The molecule has 2 nitrogen and oxygen atoms in total. The lowest BCUT2D eigenvalue weighted by molar-refractivity contribution is -0.118. The number of carbonyl (C=O) groups is 1. The fourth-order valence-corrected chi connectivity index (χ4v) is 2.27. The van der Waals surface area contributed by atoms with Crippen LogP contribution in [0.25, 0.3) is 0 Å². The maximum absolute atomic E-state index is 10.4. The Kier molecular flexibility index (Phi) is 4.41. The summed E-state index contributed by atoms with van der Waals surface area (Å²) in [4.78, 5) is 10.4. The van der Waals surface area contributed by atoms with Gasteiger partial charge >= 0.3 is 0 Å². The summed E-state index contributed by atoms with van der Waals surface area (Å²) in [6.07, 6.45) is 2.70. The molecule has 0 aliphatic heterocycles. The summed E-state index contributed by atoms with van der Waals surface area (Å²) in [5, 5.41) is 0. The third-order valence-corrected chi connectivity index (χ3v) is 3.45. The molecule has 3 heteroatoms. The van der Waals surface area contributed by atoms with Crippen molar-refractivity contribution in [2.45, 2.75) is 44.9 Å². The van der Waals surface area contributed by atoms with Crippen LogP contribution >= 0.6 is 0 Å². The number of primary amides is 1. The Bertz CT molecular complexity index is 129. The Morgan fingerprint density at radius 2 is 1.82 bits per heavy atom. The number of hydrogen-bond donors (Lipinski definition) is 1. The Labute approximate surface area is 70.2 Å². The number of hydrogen-bond acceptors (Lipinski definition) is 1. The molecule has 0 atom stereocenters. The van der Waals surface area contributed by atoms with E-state index in [0.29, 0.717) is 6.42 Å². The number of amides is 1. The van der Waals surface area contributed by atoms with Gasteiger partial charge in [-0.3, -0.25) is 4.79 Å². The average molecular weight is 173 g/mol. The van der Waals surface area contributed by atoms with E-state index in [1.807, 2.05) is 0 Å². The summed E-state index contributed by atoms with van der Waals surface area (Å²) in [6.45, 7) is 7.03. The van der Waals surface area contributed by atoms with Crippen molar-refractivity contribution in [1.29, 1.82) is 0 Å². The standard InChI is InChI=1S/C8H19NOSi/c1-11(2,3)7-5-4-6-8(9)10/h4-7H2,1-3H3,(H2,9,10). The highest BCUT2D eigenvalue weighted by atomic mass is 28.3. The minimum absolute atomic E-state index is 0.166. The first-order valence-electron chi connectivity index (χ1n) is 4.20. The first kappa shape index (κ1) is 10.7. The third kappa shape index (κ3) is 9.69. The molecular formula is C8H19NOSi. The van der Waals surface area contributed by atoms with E-state index in [1.54, 1.807) is 0 Å². The van der Waals surface area contributed by atoms with Gasteiger partial charge in [-0.05, 0) is 6.42 Å². The Balaban J connectivity index is 3.22. The quantitative estimate of drug-likeness (QED) is 0.501. The van der Waals surface area contributed by atoms with E-state index in [2.05, 4.69) is 19.6 Å². The van der Waals surface area contributed by atoms with Crippen LogP contribution in [0.15, 0.2) is 0 Å². The molecule has 11 heavy (non-hydrogen) atoms. The van der Waals surface area contributed by atoms with Crippen molar-refractivity contribution in [3.8, 4) is 0 Å². The molecule has 0 fully saturated rings. The molecule has 0 spiro atoms. The maximum Gasteiger partial charge on any atom is 0.217 e. The Morgan fingerprint density at radius 1 is 1.27 bits per heavy atom. The molecule has 0 aliphatic rings. The predicted octanol–water partition coefficient (Wildman–Crippen LogP) is 1.98. The van der Waals surface area contributed by atoms with Crippen LogP contribution in [0.2, 0.25) is 25.7 Å². The molecule has 0 aromatic rings. The van der Waals surface area contributed by atoms with E-state index < -0.39 is 8.07 Å². The second-order valence-corrected chi connectivity index (χ2v) is 9.86. The highest BCUT2D eigenvalue weighted by Crippen LogP contribution is 2.13. The highest BCUT2D eigenvalue weighted by molar-refractivity contribution is 6.76. The third-order valence-electron chi connectivity index (χ3n) is 1.60. The largest absolute Gasteiger partial charge is 0.370 e. The maximum atomic E-state index is 10.4. The summed E-state index contributed by atoms with van der Waals surface area (Å²) in [5.74, 6) is -0.166. The van der Waals surface area contributed by atoms with Crippen LogP contribution in [0.1, 0.15) is 19.3 Å². The first-order chi connectivity index (χ1) is 4.92. The smallest absolute Gasteiger partial charge is 0.217 e. The zero-order chi connectivity index (χ0) is 8.91. The molecule has 0 bridgehead atoms. The van der Waals surface area contributed by atoms with Gasteiger partial charge in [0, 0.05) is 14.5 Å². The van der Waals surface area contributed by atoms with E-state index in [9.17, 15) is 4.79 Å². The summed E-state index contributed by atoms with van der Waals surface area (Å²) >= 11 is 0. The molecule has 2 N–H and O–H groups in total. The van der Waals surface area contributed by atoms with Crippen LogP contribution in [-0.4, -0.2) is 14.0 Å². The van der Waals surface area contributed by atoms with Crippen molar-refractivity contribution in [2.75, 3.05) is 0 Å². The Hall–Kier alpha value is -0.313. The van der Waals surface area contributed by atoms with Gasteiger partial charge in [0.15, 0.2) is 0 Å². The monoisotopic (exact) mass is 173 g/mol. The van der Waals surface area contributed by atoms with Gasteiger partial charge in [0.05, 0.1) is 0 Å². The van der Waals surface area contributed by atoms with Gasteiger partial charge in [-0.2, -0.15) is 0 Å². The second-order valence-electron chi connectivity index (χ2n) is 4.23. The minimum atomic E-state index is -0.881. The van der Waals surface area contributed by atoms with Gasteiger partial charge < -0.3 is 5.73 Å². The normalized spacial score (nSPS) is 11.5. The first-order valence-corrected chi connectivity index (χ1v) is 7.91. The van der Waals surface area contributed by atoms with Crippen molar-refractivity contribution in [2.24, 2.45) is 5.73 Å². The SMILES string of the molecule is C[Si](C)(C)CCCCC(N)=O. The summed E-state index contributed by atoms with van der Waals surface area (Å²) < 4.78 is 0. The van der Waals surface area contributed by atoms with Gasteiger partial charge in [0.1, 0.15) is 0 Å². The molecule has 0 rings (SSSR count). The van der Waals surface area contributed by atoms with Crippen LogP contribution in [0.3, 0.4) is 0 Å². The van der Waals surface area contributed by atoms with Gasteiger partial charge in [0.2, 0.25) is 5.91 Å². The highest BCUT2D eigenvalue weighted by Gasteiger charge is 2.11. The molecule has 0 radical (unpaired) electrons. The van der Waals surface area contributed by atoms with Gasteiger partial charge in [-0.1, -0.05) is 32.1 Å². The lowest BCUT2D eigenvalue weighted by atomic mass is 10.2.